The SMILES string of the molecule is C[C@@H](COc1ccnc2c1[C@H](C)CC[C@H]2C)CC1Cc2ccccc2C12CCC(Nc1cccc(Cl)c1)(C(=O)O)CC2. The molecule has 0 aliphatic heterocycles. The Labute approximate surface area is 255 Å². The monoisotopic (exact) mass is 586 g/mol. The number of nitrogens with zero attached hydrogens (tertiary/aromatic N) is 1. The molecule has 0 bridgehead atoms. The van der Waals surface area contributed by atoms with E-state index in [1.54, 1.807) is 0 Å². The van der Waals surface area contributed by atoms with Gasteiger partial charge in [0, 0.05) is 22.5 Å². The molecule has 222 valence electrons. The highest BCUT2D eigenvalue weighted by atomic mass is 35.5. The van der Waals surface area contributed by atoms with Crippen molar-refractivity contribution >= 4 is 23.3 Å². The Balaban J connectivity index is 1.19. The molecule has 2 aromatic carbocycles. The predicted molar refractivity (Wildman–Crippen MR) is 169 cm³/mol. The number of benzene rings is 2. The molecule has 1 aromatic heterocycles. The van der Waals surface area contributed by atoms with Crippen LogP contribution in [0.5, 0.6) is 5.75 Å². The summed E-state index contributed by atoms with van der Waals surface area (Å²) in [6, 6.07) is 18.3. The predicted octanol–water partition coefficient (Wildman–Crippen LogP) is 8.76. The summed E-state index contributed by atoms with van der Waals surface area (Å²) in [5.41, 5.74) is 5.11. The van der Waals surface area contributed by atoms with Gasteiger partial charge in [0.1, 0.15) is 11.3 Å². The Morgan fingerprint density at radius 3 is 2.60 bits per heavy atom. The second-order valence-electron chi connectivity index (χ2n) is 13.4. The second-order valence-corrected chi connectivity index (χ2v) is 13.8. The van der Waals surface area contributed by atoms with Gasteiger partial charge in [-0.25, -0.2) is 4.79 Å². The first kappa shape index (κ1) is 29.0. The number of aliphatic carboxylic acids is 1. The number of aromatic nitrogens is 1. The molecule has 0 saturated heterocycles. The highest BCUT2D eigenvalue weighted by Gasteiger charge is 2.54. The summed E-state index contributed by atoms with van der Waals surface area (Å²) in [5, 5.41) is 14.4. The van der Waals surface area contributed by atoms with Gasteiger partial charge in [-0.15, -0.1) is 0 Å². The fraction of sp³-hybridized carbons (Fsp3) is 0.500. The first-order valence-corrected chi connectivity index (χ1v) is 16.1. The van der Waals surface area contributed by atoms with E-state index in [2.05, 4.69) is 50.4 Å². The molecule has 6 heteroatoms. The number of hydrogen-bond donors (Lipinski definition) is 2. The number of anilines is 1. The van der Waals surface area contributed by atoms with E-state index in [4.69, 9.17) is 21.3 Å². The number of halogens is 1. The number of carboxylic acids is 1. The van der Waals surface area contributed by atoms with Gasteiger partial charge in [0.2, 0.25) is 0 Å². The summed E-state index contributed by atoms with van der Waals surface area (Å²) >= 11 is 6.22. The van der Waals surface area contributed by atoms with E-state index >= 15 is 0 Å². The van der Waals surface area contributed by atoms with Crippen molar-refractivity contribution < 1.29 is 14.6 Å². The van der Waals surface area contributed by atoms with Gasteiger partial charge in [0.25, 0.3) is 0 Å². The third kappa shape index (κ3) is 5.30. The highest BCUT2D eigenvalue weighted by Crippen LogP contribution is 2.56. The van der Waals surface area contributed by atoms with Crippen LogP contribution in [0.3, 0.4) is 0 Å². The third-order valence-electron chi connectivity index (χ3n) is 10.6. The van der Waals surface area contributed by atoms with E-state index in [0.717, 1.165) is 37.1 Å². The molecule has 42 heavy (non-hydrogen) atoms. The van der Waals surface area contributed by atoms with Crippen LogP contribution in [0.1, 0.15) is 99.9 Å². The number of rotatable bonds is 8. The fourth-order valence-corrected chi connectivity index (χ4v) is 8.45. The van der Waals surface area contributed by atoms with E-state index in [-0.39, 0.29) is 5.41 Å². The lowest BCUT2D eigenvalue weighted by atomic mass is 9.59. The van der Waals surface area contributed by atoms with Crippen LogP contribution in [-0.2, 0) is 16.6 Å². The minimum atomic E-state index is -0.999. The molecule has 3 aliphatic rings. The Hall–Kier alpha value is -3.05. The molecule has 1 heterocycles. The van der Waals surface area contributed by atoms with Crippen molar-refractivity contribution in [2.75, 3.05) is 11.9 Å². The number of nitrogens with one attached hydrogen (secondary N) is 1. The summed E-state index contributed by atoms with van der Waals surface area (Å²) in [6.45, 7) is 7.55. The molecule has 1 spiro atoms. The molecule has 4 atom stereocenters. The van der Waals surface area contributed by atoms with Gasteiger partial charge in [-0.05, 0) is 116 Å². The molecule has 3 aromatic rings. The zero-order valence-electron chi connectivity index (χ0n) is 25.0. The van der Waals surface area contributed by atoms with Crippen molar-refractivity contribution in [3.05, 3.63) is 88.2 Å². The van der Waals surface area contributed by atoms with Gasteiger partial charge in [-0.3, -0.25) is 4.98 Å². The van der Waals surface area contributed by atoms with Crippen LogP contribution in [0.25, 0.3) is 0 Å². The molecule has 1 saturated carbocycles. The van der Waals surface area contributed by atoms with Crippen molar-refractivity contribution in [1.29, 1.82) is 0 Å². The molecular formula is C36H43ClN2O3. The number of ether oxygens (including phenoxy) is 1. The Bertz CT molecular complexity index is 1450. The number of hydrogen-bond acceptors (Lipinski definition) is 4. The zero-order chi connectivity index (χ0) is 29.5. The lowest BCUT2D eigenvalue weighted by molar-refractivity contribution is -0.144. The molecule has 2 N–H and O–H groups in total. The normalized spacial score (nSPS) is 29.0. The maximum atomic E-state index is 12.7. The minimum absolute atomic E-state index is 0.0143. The standard InChI is InChI=1S/C36H43ClN2O3/c1-23(22-42-31-13-18-38-33-25(3)12-11-24(2)32(31)33)19-27-20-26-7-4-5-10-30(26)35(27)14-16-36(17-15-35,34(40)41)39-29-9-6-8-28(37)21-29/h4-10,13,18,21,23-25,27,39H,11-12,14-17,19-20,22H2,1-3H3,(H,40,41)/t23-,24-,25-,27?,35?,36?/m1/s1. The van der Waals surface area contributed by atoms with Crippen LogP contribution in [0.15, 0.2) is 60.8 Å². The molecule has 0 amide bonds. The number of carbonyl (C=O) groups is 1. The Kier molecular flexibility index (Phi) is 7.99. The minimum Gasteiger partial charge on any atom is -0.493 e. The van der Waals surface area contributed by atoms with Gasteiger partial charge < -0.3 is 15.2 Å². The van der Waals surface area contributed by atoms with Gasteiger partial charge in [-0.2, -0.15) is 0 Å². The van der Waals surface area contributed by atoms with Gasteiger partial charge >= 0.3 is 5.97 Å². The summed E-state index contributed by atoms with van der Waals surface area (Å²) in [6.07, 6.45) is 9.20. The number of pyridine rings is 1. The number of carboxylic acid groups (broad SMARTS) is 1. The maximum Gasteiger partial charge on any atom is 0.329 e. The summed E-state index contributed by atoms with van der Waals surface area (Å²) in [5.74, 6) is 2.00. The first-order valence-electron chi connectivity index (χ1n) is 15.7. The summed E-state index contributed by atoms with van der Waals surface area (Å²) in [4.78, 5) is 17.4. The molecule has 6 rings (SSSR count). The van der Waals surface area contributed by atoms with Gasteiger partial charge in [0.05, 0.1) is 12.3 Å². The topological polar surface area (TPSA) is 71.5 Å². The first-order chi connectivity index (χ1) is 20.2. The fourth-order valence-electron chi connectivity index (χ4n) is 8.26. The Morgan fingerprint density at radius 2 is 1.83 bits per heavy atom. The van der Waals surface area contributed by atoms with E-state index in [1.165, 1.54) is 35.2 Å². The third-order valence-corrected chi connectivity index (χ3v) is 10.8. The van der Waals surface area contributed by atoms with Crippen molar-refractivity contribution in [2.24, 2.45) is 11.8 Å². The molecular weight excluding hydrogens is 544 g/mol. The average Bonchev–Trinajstić information content (AvgIpc) is 3.27. The number of fused-ring (bicyclic) bond motifs is 3. The van der Waals surface area contributed by atoms with Crippen LogP contribution in [0.4, 0.5) is 5.69 Å². The van der Waals surface area contributed by atoms with E-state index in [0.29, 0.717) is 48.1 Å². The van der Waals surface area contributed by atoms with Crippen molar-refractivity contribution in [2.45, 2.75) is 94.9 Å². The highest BCUT2D eigenvalue weighted by molar-refractivity contribution is 6.30. The lowest BCUT2D eigenvalue weighted by Gasteiger charge is -2.47. The van der Waals surface area contributed by atoms with Crippen LogP contribution in [0.2, 0.25) is 5.02 Å². The second kappa shape index (κ2) is 11.6. The van der Waals surface area contributed by atoms with E-state index in [1.807, 2.05) is 36.5 Å². The van der Waals surface area contributed by atoms with Gasteiger partial charge in [0.15, 0.2) is 0 Å². The Morgan fingerprint density at radius 1 is 1.07 bits per heavy atom. The molecule has 5 nitrogen and oxygen atoms in total. The smallest absolute Gasteiger partial charge is 0.329 e. The summed E-state index contributed by atoms with van der Waals surface area (Å²) < 4.78 is 6.55. The van der Waals surface area contributed by atoms with Gasteiger partial charge in [-0.1, -0.05) is 62.7 Å². The van der Waals surface area contributed by atoms with Crippen molar-refractivity contribution in [3.63, 3.8) is 0 Å². The van der Waals surface area contributed by atoms with E-state index in [9.17, 15) is 9.90 Å². The van der Waals surface area contributed by atoms with Crippen LogP contribution >= 0.6 is 11.6 Å². The van der Waals surface area contributed by atoms with Crippen molar-refractivity contribution in [3.8, 4) is 5.75 Å². The molecule has 3 aliphatic carbocycles. The van der Waals surface area contributed by atoms with Crippen molar-refractivity contribution in [1.82, 2.24) is 4.98 Å². The van der Waals surface area contributed by atoms with Crippen LogP contribution < -0.4 is 10.1 Å². The molecule has 1 fully saturated rings. The van der Waals surface area contributed by atoms with Crippen LogP contribution in [-0.4, -0.2) is 28.2 Å². The summed E-state index contributed by atoms with van der Waals surface area (Å²) in [7, 11) is 0. The quantitative estimate of drug-likeness (QED) is 0.276. The molecule has 0 radical (unpaired) electrons. The van der Waals surface area contributed by atoms with Crippen LogP contribution in [0, 0.1) is 11.8 Å². The zero-order valence-corrected chi connectivity index (χ0v) is 25.8. The lowest BCUT2D eigenvalue weighted by Crippen LogP contribution is -2.53. The largest absolute Gasteiger partial charge is 0.493 e. The molecule has 1 unspecified atom stereocenters. The maximum absolute atomic E-state index is 12.7. The average molecular weight is 587 g/mol. The van der Waals surface area contributed by atoms with E-state index < -0.39 is 11.5 Å².